The first kappa shape index (κ1) is 18.8. The molecule has 0 unspecified atom stereocenters. The van der Waals surface area contributed by atoms with Crippen LogP contribution in [0.4, 0.5) is 11.4 Å². The van der Waals surface area contributed by atoms with E-state index in [2.05, 4.69) is 10.6 Å². The fourth-order valence-electron chi connectivity index (χ4n) is 1.89. The summed E-state index contributed by atoms with van der Waals surface area (Å²) in [6.45, 7) is -0.468. The topological polar surface area (TPSA) is 131 Å². The van der Waals surface area contributed by atoms with Gasteiger partial charge in [0, 0.05) is 11.8 Å². The Kier molecular flexibility index (Phi) is 6.17. The maximum absolute atomic E-state index is 11.8. The number of carbonyl (C=O) groups is 2. The van der Waals surface area contributed by atoms with Crippen LogP contribution in [0, 0.1) is 10.1 Å². The molecule has 10 heteroatoms. The number of nitrogens with zero attached hydrogens (tertiary/aromatic N) is 1. The molecular formula is C16H13N3O6S. The van der Waals surface area contributed by atoms with E-state index in [0.717, 1.165) is 0 Å². The normalized spacial score (nSPS) is 9.85. The van der Waals surface area contributed by atoms with Crippen molar-refractivity contribution in [3.8, 4) is 5.75 Å². The number of anilines is 1. The van der Waals surface area contributed by atoms with Gasteiger partial charge in [0.2, 0.25) is 0 Å². The predicted molar refractivity (Wildman–Crippen MR) is 96.4 cm³/mol. The van der Waals surface area contributed by atoms with Crippen LogP contribution in [-0.4, -0.2) is 33.6 Å². The second-order valence-electron chi connectivity index (χ2n) is 4.90. The van der Waals surface area contributed by atoms with Gasteiger partial charge in [0.1, 0.15) is 0 Å². The molecule has 0 saturated carbocycles. The molecule has 0 aliphatic heterocycles. The number of carboxylic acid groups (broad SMARTS) is 1. The van der Waals surface area contributed by atoms with Gasteiger partial charge in [0.15, 0.2) is 17.5 Å². The van der Waals surface area contributed by atoms with E-state index in [1.807, 2.05) is 0 Å². The van der Waals surface area contributed by atoms with Crippen molar-refractivity contribution < 1.29 is 24.4 Å². The highest BCUT2D eigenvalue weighted by Gasteiger charge is 2.15. The number of hydrogen-bond acceptors (Lipinski definition) is 6. The predicted octanol–water partition coefficient (Wildman–Crippen LogP) is 2.18. The molecule has 3 N–H and O–H groups in total. The number of nitrogens with one attached hydrogen (secondary N) is 2. The van der Waals surface area contributed by atoms with Gasteiger partial charge in [-0.25, -0.2) is 4.79 Å². The largest absolute Gasteiger partial charge is 0.478 e. The maximum atomic E-state index is 11.8. The minimum absolute atomic E-state index is 0.0239. The van der Waals surface area contributed by atoms with E-state index in [4.69, 9.17) is 22.1 Å². The molecular weight excluding hydrogens is 362 g/mol. The molecule has 0 aliphatic rings. The van der Waals surface area contributed by atoms with E-state index in [-0.39, 0.29) is 22.1 Å². The molecule has 0 spiro atoms. The Morgan fingerprint density at radius 1 is 1.15 bits per heavy atom. The number of aromatic carboxylic acids is 1. The third-order valence-electron chi connectivity index (χ3n) is 3.06. The summed E-state index contributed by atoms with van der Waals surface area (Å²) in [5.41, 5.74) is 0.350. The van der Waals surface area contributed by atoms with Crippen LogP contribution in [0.25, 0.3) is 0 Å². The highest BCUT2D eigenvalue weighted by molar-refractivity contribution is 7.80. The van der Waals surface area contributed by atoms with Gasteiger partial charge in [-0.1, -0.05) is 12.1 Å². The second-order valence-corrected chi connectivity index (χ2v) is 5.31. The van der Waals surface area contributed by atoms with Gasteiger partial charge >= 0.3 is 11.7 Å². The van der Waals surface area contributed by atoms with E-state index in [1.165, 1.54) is 42.5 Å². The molecule has 1 amide bonds. The zero-order chi connectivity index (χ0) is 19.1. The molecule has 0 aromatic heterocycles. The number of carboxylic acids is 1. The number of para-hydroxylation sites is 2. The summed E-state index contributed by atoms with van der Waals surface area (Å²) >= 11 is 4.97. The average molecular weight is 375 g/mol. The Hall–Kier alpha value is -3.53. The SMILES string of the molecule is O=C(COc1ccccc1[N+](=O)[O-])NC(=S)Nc1ccc(C(=O)O)cc1. The number of rotatable bonds is 6. The summed E-state index contributed by atoms with van der Waals surface area (Å²) < 4.78 is 5.15. The number of benzene rings is 2. The highest BCUT2D eigenvalue weighted by atomic mass is 32.1. The Labute approximate surface area is 152 Å². The van der Waals surface area contributed by atoms with E-state index in [0.29, 0.717) is 5.69 Å². The number of amides is 1. The summed E-state index contributed by atoms with van der Waals surface area (Å²) in [7, 11) is 0. The van der Waals surface area contributed by atoms with E-state index >= 15 is 0 Å². The Morgan fingerprint density at radius 2 is 1.81 bits per heavy atom. The van der Waals surface area contributed by atoms with Gasteiger partial charge in [-0.3, -0.25) is 20.2 Å². The van der Waals surface area contributed by atoms with Crippen LogP contribution in [-0.2, 0) is 4.79 Å². The lowest BCUT2D eigenvalue weighted by Gasteiger charge is -2.10. The molecule has 0 bridgehead atoms. The van der Waals surface area contributed by atoms with Crippen molar-refractivity contribution in [2.45, 2.75) is 0 Å². The summed E-state index contributed by atoms with van der Waals surface area (Å²) in [6.07, 6.45) is 0. The summed E-state index contributed by atoms with van der Waals surface area (Å²) in [5.74, 6) is -1.70. The summed E-state index contributed by atoms with van der Waals surface area (Å²) in [6, 6.07) is 11.4. The molecule has 2 aromatic carbocycles. The number of ether oxygens (including phenoxy) is 1. The van der Waals surface area contributed by atoms with Gasteiger partial charge < -0.3 is 15.2 Å². The molecule has 9 nitrogen and oxygen atoms in total. The van der Waals surface area contributed by atoms with Crippen molar-refractivity contribution in [1.29, 1.82) is 0 Å². The highest BCUT2D eigenvalue weighted by Crippen LogP contribution is 2.25. The quantitative estimate of drug-likeness (QED) is 0.398. The third kappa shape index (κ3) is 5.24. The molecule has 0 fully saturated rings. The lowest BCUT2D eigenvalue weighted by atomic mass is 10.2. The Morgan fingerprint density at radius 3 is 2.42 bits per heavy atom. The van der Waals surface area contributed by atoms with Crippen molar-refractivity contribution in [2.75, 3.05) is 11.9 Å². The van der Waals surface area contributed by atoms with E-state index < -0.39 is 23.4 Å². The van der Waals surface area contributed by atoms with Crippen LogP contribution in [0.2, 0.25) is 0 Å². The zero-order valence-electron chi connectivity index (χ0n) is 13.2. The standard InChI is InChI=1S/C16H13N3O6S/c20-14(9-25-13-4-2-1-3-12(13)19(23)24)18-16(26)17-11-7-5-10(6-8-11)15(21)22/h1-8H,9H2,(H,21,22)(H2,17,18,20,26). The minimum atomic E-state index is -1.06. The lowest BCUT2D eigenvalue weighted by molar-refractivity contribution is -0.385. The van der Waals surface area contributed by atoms with Crippen LogP contribution in [0.1, 0.15) is 10.4 Å². The molecule has 2 aromatic rings. The van der Waals surface area contributed by atoms with Crippen molar-refractivity contribution >= 4 is 40.6 Å². The molecule has 0 atom stereocenters. The first-order valence-electron chi connectivity index (χ1n) is 7.17. The van der Waals surface area contributed by atoms with Crippen LogP contribution in [0.3, 0.4) is 0 Å². The van der Waals surface area contributed by atoms with Gasteiger partial charge in [0.05, 0.1) is 10.5 Å². The monoisotopic (exact) mass is 375 g/mol. The summed E-state index contributed by atoms with van der Waals surface area (Å²) in [4.78, 5) is 32.9. The van der Waals surface area contributed by atoms with Crippen molar-refractivity contribution in [3.63, 3.8) is 0 Å². The molecule has 26 heavy (non-hydrogen) atoms. The minimum Gasteiger partial charge on any atom is -0.478 e. The van der Waals surface area contributed by atoms with Crippen molar-refractivity contribution in [3.05, 3.63) is 64.2 Å². The number of nitro benzene ring substituents is 1. The molecule has 2 rings (SSSR count). The van der Waals surface area contributed by atoms with Crippen LogP contribution in [0.5, 0.6) is 5.75 Å². The van der Waals surface area contributed by atoms with Crippen molar-refractivity contribution in [1.82, 2.24) is 5.32 Å². The average Bonchev–Trinajstić information content (AvgIpc) is 2.60. The molecule has 134 valence electrons. The number of thiocarbonyl (C=S) groups is 1. The lowest BCUT2D eigenvalue weighted by Crippen LogP contribution is -2.37. The van der Waals surface area contributed by atoms with Gasteiger partial charge in [-0.15, -0.1) is 0 Å². The van der Waals surface area contributed by atoms with E-state index in [1.54, 1.807) is 6.07 Å². The number of nitro groups is 1. The molecule has 0 heterocycles. The van der Waals surface area contributed by atoms with Gasteiger partial charge in [0.25, 0.3) is 5.91 Å². The molecule has 0 aliphatic carbocycles. The number of hydrogen-bond donors (Lipinski definition) is 3. The summed E-state index contributed by atoms with van der Waals surface area (Å²) in [5, 5.41) is 24.7. The fourth-order valence-corrected chi connectivity index (χ4v) is 2.13. The van der Waals surface area contributed by atoms with Crippen LogP contribution < -0.4 is 15.4 Å². The first-order valence-corrected chi connectivity index (χ1v) is 7.58. The smallest absolute Gasteiger partial charge is 0.335 e. The van der Waals surface area contributed by atoms with Gasteiger partial charge in [-0.05, 0) is 42.5 Å². The van der Waals surface area contributed by atoms with Crippen molar-refractivity contribution in [2.24, 2.45) is 0 Å². The first-order chi connectivity index (χ1) is 12.4. The van der Waals surface area contributed by atoms with E-state index in [9.17, 15) is 19.7 Å². The van der Waals surface area contributed by atoms with Crippen LogP contribution in [0.15, 0.2) is 48.5 Å². The molecule has 0 saturated heterocycles. The van der Waals surface area contributed by atoms with Gasteiger partial charge in [-0.2, -0.15) is 0 Å². The number of carbonyl (C=O) groups excluding carboxylic acids is 1. The zero-order valence-corrected chi connectivity index (χ0v) is 14.0. The second kappa shape index (κ2) is 8.53. The molecule has 0 radical (unpaired) electrons. The fraction of sp³-hybridized carbons (Fsp3) is 0.0625. The Balaban J connectivity index is 1.87. The Bertz CT molecular complexity index is 853. The van der Waals surface area contributed by atoms with Crippen LogP contribution >= 0.6 is 12.2 Å². The third-order valence-corrected chi connectivity index (χ3v) is 3.27. The maximum Gasteiger partial charge on any atom is 0.335 e.